The van der Waals surface area contributed by atoms with Gasteiger partial charge < -0.3 is 25.2 Å². The SMILES string of the molecule is O=C(Nc1ccc(Cl)cc1)[C@@H]1[C@@H]2C=C[C@]3(O2)[C@@H]1C(=O)N(CCCN1CCN(Cc2ccccc2)CC1)[C@@H]3C(=O)NC1CCCCC1. The Morgan fingerprint density at radius 1 is 0.891 bits per heavy atom. The molecule has 0 unspecified atom stereocenters. The second kappa shape index (κ2) is 13.5. The summed E-state index contributed by atoms with van der Waals surface area (Å²) in [5.74, 6) is -2.08. The van der Waals surface area contributed by atoms with Crippen LogP contribution in [0.4, 0.5) is 5.69 Å². The molecule has 9 nitrogen and oxygen atoms in total. The highest BCUT2D eigenvalue weighted by molar-refractivity contribution is 6.30. The molecule has 4 fully saturated rings. The van der Waals surface area contributed by atoms with Gasteiger partial charge in [-0.25, -0.2) is 0 Å². The van der Waals surface area contributed by atoms with Gasteiger partial charge in [-0.05, 0) is 55.6 Å². The van der Waals surface area contributed by atoms with E-state index >= 15 is 0 Å². The first-order chi connectivity index (χ1) is 22.4. The zero-order valence-electron chi connectivity index (χ0n) is 26.3. The lowest BCUT2D eigenvalue weighted by molar-refractivity contribution is -0.141. The maximum absolute atomic E-state index is 14.3. The quantitative estimate of drug-likeness (QED) is 0.378. The second-order valence-electron chi connectivity index (χ2n) is 13.5. The molecular weight excluding hydrogens is 602 g/mol. The molecule has 3 amide bonds. The number of likely N-dealkylation sites (tertiary alicyclic amines) is 1. The highest BCUT2D eigenvalue weighted by atomic mass is 35.5. The lowest BCUT2D eigenvalue weighted by Crippen LogP contribution is -2.56. The molecule has 2 aromatic carbocycles. The molecule has 2 N–H and O–H groups in total. The predicted molar refractivity (Wildman–Crippen MR) is 177 cm³/mol. The summed E-state index contributed by atoms with van der Waals surface area (Å²) >= 11 is 6.04. The van der Waals surface area contributed by atoms with Crippen LogP contribution in [-0.2, 0) is 25.7 Å². The highest BCUT2D eigenvalue weighted by Gasteiger charge is 2.72. The molecule has 244 valence electrons. The minimum atomic E-state index is -1.15. The third kappa shape index (κ3) is 6.22. The number of nitrogens with zero attached hydrogens (tertiary/aromatic N) is 3. The average Bonchev–Trinajstić information content (AvgIpc) is 3.71. The van der Waals surface area contributed by atoms with Gasteiger partial charge in [0.15, 0.2) is 0 Å². The minimum absolute atomic E-state index is 0.104. The number of amides is 3. The number of carbonyl (C=O) groups excluding carboxylic acids is 3. The smallest absolute Gasteiger partial charge is 0.246 e. The fourth-order valence-corrected chi connectivity index (χ4v) is 8.40. The highest BCUT2D eigenvalue weighted by Crippen LogP contribution is 2.55. The van der Waals surface area contributed by atoms with Crippen LogP contribution in [0.25, 0.3) is 0 Å². The summed E-state index contributed by atoms with van der Waals surface area (Å²) in [6, 6.07) is 16.8. The Bertz CT molecular complexity index is 1440. The number of nitrogens with one attached hydrogen (secondary N) is 2. The first-order valence-electron chi connectivity index (χ1n) is 16.9. The summed E-state index contributed by atoms with van der Waals surface area (Å²) < 4.78 is 6.52. The zero-order valence-corrected chi connectivity index (χ0v) is 27.0. The van der Waals surface area contributed by atoms with E-state index in [4.69, 9.17) is 16.3 Å². The van der Waals surface area contributed by atoms with E-state index in [9.17, 15) is 14.4 Å². The molecule has 1 aliphatic carbocycles. The van der Waals surface area contributed by atoms with E-state index in [1.54, 1.807) is 29.2 Å². The lowest BCUT2D eigenvalue weighted by Gasteiger charge is -2.36. The van der Waals surface area contributed by atoms with E-state index in [-0.39, 0.29) is 23.8 Å². The molecule has 46 heavy (non-hydrogen) atoms. The number of ether oxygens (including phenoxy) is 1. The molecule has 0 aromatic heterocycles. The maximum atomic E-state index is 14.3. The fourth-order valence-electron chi connectivity index (χ4n) is 8.27. The molecular formula is C36H44ClN5O4. The summed E-state index contributed by atoms with van der Waals surface area (Å²) in [5, 5.41) is 6.82. The van der Waals surface area contributed by atoms with E-state index in [2.05, 4.69) is 44.7 Å². The van der Waals surface area contributed by atoms with Gasteiger partial charge in [-0.1, -0.05) is 73.3 Å². The van der Waals surface area contributed by atoms with E-state index in [0.717, 1.165) is 71.4 Å². The summed E-state index contributed by atoms with van der Waals surface area (Å²) in [4.78, 5) is 48.8. The summed E-state index contributed by atoms with van der Waals surface area (Å²) in [5.41, 5.74) is 0.787. The standard InChI is InChI=1S/C36H44ClN5O4/c37-26-12-14-28(15-13-26)38-33(43)30-29-16-17-36(46-29)31(30)35(45)42(32(36)34(44)39-27-10-5-2-6-11-27)19-7-18-40-20-22-41(23-21-40)24-25-8-3-1-4-9-25/h1,3-4,8-9,12-17,27,29-32H,2,5-7,10-11,18-24H2,(H,38,43)(H,39,44)/t29-,30+,31-,32+,36-/m0/s1. The van der Waals surface area contributed by atoms with Crippen molar-refractivity contribution in [2.45, 2.75) is 68.9 Å². The van der Waals surface area contributed by atoms with E-state index in [0.29, 0.717) is 17.3 Å². The number of hydrogen-bond donors (Lipinski definition) is 2. The Labute approximate surface area is 276 Å². The fraction of sp³-hybridized carbons (Fsp3) is 0.528. The number of rotatable bonds is 10. The van der Waals surface area contributed by atoms with Crippen molar-refractivity contribution in [3.63, 3.8) is 0 Å². The van der Waals surface area contributed by atoms with E-state index < -0.39 is 29.6 Å². The zero-order chi connectivity index (χ0) is 31.7. The summed E-state index contributed by atoms with van der Waals surface area (Å²) in [7, 11) is 0. The van der Waals surface area contributed by atoms with Crippen LogP contribution >= 0.6 is 11.6 Å². The number of piperazine rings is 1. The van der Waals surface area contributed by atoms with Crippen LogP contribution in [0.3, 0.4) is 0 Å². The van der Waals surface area contributed by atoms with Crippen molar-refractivity contribution in [2.75, 3.05) is 44.6 Å². The number of carbonyl (C=O) groups is 3. The molecule has 5 aliphatic rings. The molecule has 4 aliphatic heterocycles. The van der Waals surface area contributed by atoms with Crippen molar-refractivity contribution in [2.24, 2.45) is 11.8 Å². The molecule has 2 bridgehead atoms. The molecule has 10 heteroatoms. The van der Waals surface area contributed by atoms with Crippen LogP contribution in [0, 0.1) is 11.8 Å². The Morgan fingerprint density at radius 2 is 1.61 bits per heavy atom. The summed E-state index contributed by atoms with van der Waals surface area (Å²) in [6.45, 7) is 6.19. The summed E-state index contributed by atoms with van der Waals surface area (Å²) in [6.07, 6.45) is 9.22. The molecule has 3 saturated heterocycles. The van der Waals surface area contributed by atoms with Gasteiger partial charge in [0.1, 0.15) is 11.6 Å². The largest absolute Gasteiger partial charge is 0.359 e. The predicted octanol–water partition coefficient (Wildman–Crippen LogP) is 4.09. The van der Waals surface area contributed by atoms with Crippen LogP contribution in [0.15, 0.2) is 66.7 Å². The monoisotopic (exact) mass is 645 g/mol. The van der Waals surface area contributed by atoms with Crippen molar-refractivity contribution >= 4 is 35.0 Å². The van der Waals surface area contributed by atoms with Crippen LogP contribution < -0.4 is 10.6 Å². The van der Waals surface area contributed by atoms with Crippen LogP contribution in [0.5, 0.6) is 0 Å². The van der Waals surface area contributed by atoms with Crippen LogP contribution in [-0.4, -0.2) is 95.5 Å². The van der Waals surface area contributed by atoms with E-state index in [1.165, 1.54) is 12.0 Å². The molecule has 2 aromatic rings. The molecule has 7 rings (SSSR count). The van der Waals surface area contributed by atoms with Gasteiger partial charge in [-0.3, -0.25) is 19.3 Å². The van der Waals surface area contributed by atoms with Crippen molar-refractivity contribution in [3.8, 4) is 0 Å². The third-order valence-corrected chi connectivity index (χ3v) is 10.8. The van der Waals surface area contributed by atoms with Crippen LogP contribution in [0.1, 0.15) is 44.1 Å². The van der Waals surface area contributed by atoms with Gasteiger partial charge >= 0.3 is 0 Å². The molecule has 1 spiro atoms. The van der Waals surface area contributed by atoms with Crippen molar-refractivity contribution in [1.29, 1.82) is 0 Å². The van der Waals surface area contributed by atoms with Crippen LogP contribution in [0.2, 0.25) is 5.02 Å². The molecule has 0 radical (unpaired) electrons. The number of anilines is 1. The number of hydrogen-bond acceptors (Lipinski definition) is 6. The first kappa shape index (κ1) is 31.4. The number of halogens is 1. The van der Waals surface area contributed by atoms with Gasteiger partial charge in [-0.2, -0.15) is 0 Å². The normalized spacial score (nSPS) is 29.7. The Hall–Kier alpha value is -3.24. The topological polar surface area (TPSA) is 94.2 Å². The Balaban J connectivity index is 1.04. The van der Waals surface area contributed by atoms with Gasteiger partial charge in [0.2, 0.25) is 17.7 Å². The molecule has 1 saturated carbocycles. The van der Waals surface area contributed by atoms with Crippen molar-refractivity contribution < 1.29 is 19.1 Å². The Kier molecular flexibility index (Phi) is 9.19. The average molecular weight is 646 g/mol. The van der Waals surface area contributed by atoms with Crippen molar-refractivity contribution in [3.05, 3.63) is 77.3 Å². The third-order valence-electron chi connectivity index (χ3n) is 10.6. The van der Waals surface area contributed by atoms with Gasteiger partial charge in [-0.15, -0.1) is 0 Å². The van der Waals surface area contributed by atoms with Gasteiger partial charge in [0, 0.05) is 56.0 Å². The lowest BCUT2D eigenvalue weighted by atomic mass is 9.74. The van der Waals surface area contributed by atoms with Gasteiger partial charge in [0.25, 0.3) is 0 Å². The molecule has 4 heterocycles. The number of fused-ring (bicyclic) bond motifs is 1. The second-order valence-corrected chi connectivity index (χ2v) is 14.0. The Morgan fingerprint density at radius 3 is 2.35 bits per heavy atom. The van der Waals surface area contributed by atoms with Crippen molar-refractivity contribution in [1.82, 2.24) is 20.0 Å². The first-order valence-corrected chi connectivity index (χ1v) is 17.3. The molecule has 5 atom stereocenters. The number of benzene rings is 2. The van der Waals surface area contributed by atoms with E-state index in [1.807, 2.05) is 18.2 Å². The maximum Gasteiger partial charge on any atom is 0.246 e. The van der Waals surface area contributed by atoms with Gasteiger partial charge in [0.05, 0.1) is 17.9 Å². The minimum Gasteiger partial charge on any atom is -0.359 e.